The van der Waals surface area contributed by atoms with Gasteiger partial charge in [-0.1, -0.05) is 13.8 Å². The molecule has 1 atom stereocenters. The van der Waals surface area contributed by atoms with Gasteiger partial charge in [0.05, 0.1) is 0 Å². The van der Waals surface area contributed by atoms with Crippen molar-refractivity contribution in [3.8, 4) is 0 Å². The Morgan fingerprint density at radius 1 is 1.53 bits per heavy atom. The van der Waals surface area contributed by atoms with Crippen LogP contribution in [0.5, 0.6) is 0 Å². The molecule has 0 saturated heterocycles. The first-order valence-electron chi connectivity index (χ1n) is 6.32. The van der Waals surface area contributed by atoms with Crippen molar-refractivity contribution in [1.29, 1.82) is 0 Å². The van der Waals surface area contributed by atoms with Crippen LogP contribution in [0.1, 0.15) is 44.2 Å². The number of carbonyl (C=O) groups excluding carboxylic acids is 1. The first kappa shape index (κ1) is 13.9. The highest BCUT2D eigenvalue weighted by molar-refractivity contribution is 5.92. The van der Waals surface area contributed by atoms with Crippen LogP contribution in [-0.4, -0.2) is 21.9 Å². The maximum atomic E-state index is 12.1. The molecule has 0 amide bonds. The fourth-order valence-electron chi connectivity index (χ4n) is 2.10. The number of rotatable bonds is 7. The number of aryl methyl sites for hydroxylation is 1. The van der Waals surface area contributed by atoms with Gasteiger partial charge >= 0.3 is 0 Å². The van der Waals surface area contributed by atoms with Crippen LogP contribution in [-0.2, 0) is 6.54 Å². The predicted octanol–water partition coefficient (Wildman–Crippen LogP) is 2.10. The molecular formula is C13H23N3O. The van der Waals surface area contributed by atoms with Crippen LogP contribution in [0.3, 0.4) is 0 Å². The van der Waals surface area contributed by atoms with Crippen LogP contribution >= 0.6 is 0 Å². The molecule has 1 rings (SSSR count). The van der Waals surface area contributed by atoms with Crippen LogP contribution in [0, 0.1) is 11.8 Å². The number of hydrogen-bond acceptors (Lipinski definition) is 3. The topological polar surface area (TPSA) is 60.9 Å². The summed E-state index contributed by atoms with van der Waals surface area (Å²) in [4.78, 5) is 16.2. The van der Waals surface area contributed by atoms with E-state index in [1.54, 1.807) is 6.20 Å². The van der Waals surface area contributed by atoms with E-state index in [0.717, 1.165) is 13.0 Å². The third-order valence-electron chi connectivity index (χ3n) is 2.92. The van der Waals surface area contributed by atoms with E-state index in [0.29, 0.717) is 24.7 Å². The quantitative estimate of drug-likeness (QED) is 0.739. The van der Waals surface area contributed by atoms with E-state index < -0.39 is 0 Å². The standard InChI is InChI=1S/C13H23N3O/c1-4-16-6-5-15-13(16)12(17)8-11(9-14)7-10(2)3/h5-6,10-11H,4,7-9,14H2,1-3H3. The average Bonchev–Trinajstić information content (AvgIpc) is 2.75. The third-order valence-corrected chi connectivity index (χ3v) is 2.92. The number of imidazole rings is 1. The van der Waals surface area contributed by atoms with Crippen LogP contribution in [0.4, 0.5) is 0 Å². The maximum absolute atomic E-state index is 12.1. The second-order valence-electron chi connectivity index (χ2n) is 4.90. The Balaban J connectivity index is 2.64. The van der Waals surface area contributed by atoms with Gasteiger partial charge in [-0.3, -0.25) is 4.79 Å². The third kappa shape index (κ3) is 3.97. The molecule has 96 valence electrons. The molecule has 1 heterocycles. The lowest BCUT2D eigenvalue weighted by Crippen LogP contribution is -2.21. The van der Waals surface area contributed by atoms with E-state index >= 15 is 0 Å². The SMILES string of the molecule is CCn1ccnc1C(=O)CC(CN)CC(C)C. The number of Topliss-reactive ketones (excluding diaryl/α,β-unsaturated/α-hetero) is 1. The highest BCUT2D eigenvalue weighted by Crippen LogP contribution is 2.16. The Labute approximate surface area is 103 Å². The number of carbonyl (C=O) groups is 1. The zero-order chi connectivity index (χ0) is 12.8. The zero-order valence-electron chi connectivity index (χ0n) is 11.0. The molecule has 4 nitrogen and oxygen atoms in total. The summed E-state index contributed by atoms with van der Waals surface area (Å²) in [5, 5.41) is 0. The molecular weight excluding hydrogens is 214 g/mol. The van der Waals surface area contributed by atoms with Gasteiger partial charge in [-0.15, -0.1) is 0 Å². The van der Waals surface area contributed by atoms with Gasteiger partial charge in [0, 0.05) is 25.4 Å². The van der Waals surface area contributed by atoms with Crippen molar-refractivity contribution in [2.45, 2.75) is 40.2 Å². The van der Waals surface area contributed by atoms with E-state index in [1.165, 1.54) is 0 Å². The van der Waals surface area contributed by atoms with E-state index in [1.807, 2.05) is 17.7 Å². The molecule has 0 spiro atoms. The predicted molar refractivity (Wildman–Crippen MR) is 68.8 cm³/mol. The van der Waals surface area contributed by atoms with Gasteiger partial charge in [0.25, 0.3) is 0 Å². The van der Waals surface area contributed by atoms with Crippen molar-refractivity contribution in [3.05, 3.63) is 18.2 Å². The van der Waals surface area contributed by atoms with E-state index in [9.17, 15) is 4.79 Å². The minimum absolute atomic E-state index is 0.105. The van der Waals surface area contributed by atoms with Crippen LogP contribution in [0.2, 0.25) is 0 Å². The van der Waals surface area contributed by atoms with Crippen molar-refractivity contribution in [3.63, 3.8) is 0 Å². The zero-order valence-corrected chi connectivity index (χ0v) is 11.0. The molecule has 17 heavy (non-hydrogen) atoms. The smallest absolute Gasteiger partial charge is 0.198 e. The summed E-state index contributed by atoms with van der Waals surface area (Å²) in [6.07, 6.45) is 5.02. The molecule has 1 aromatic rings. The molecule has 0 aliphatic rings. The Kier molecular flexibility index (Phi) is 5.35. The van der Waals surface area contributed by atoms with Gasteiger partial charge in [0.15, 0.2) is 11.6 Å². The number of nitrogens with zero attached hydrogens (tertiary/aromatic N) is 2. The lowest BCUT2D eigenvalue weighted by Gasteiger charge is -2.16. The van der Waals surface area contributed by atoms with Crippen LogP contribution in [0.25, 0.3) is 0 Å². The minimum Gasteiger partial charge on any atom is -0.330 e. The van der Waals surface area contributed by atoms with Crippen molar-refractivity contribution in [1.82, 2.24) is 9.55 Å². The molecule has 0 fully saturated rings. The molecule has 0 aliphatic carbocycles. The summed E-state index contributed by atoms with van der Waals surface area (Å²) in [6.45, 7) is 7.66. The van der Waals surface area contributed by atoms with Gasteiger partial charge in [0.1, 0.15) is 0 Å². The molecule has 2 N–H and O–H groups in total. The van der Waals surface area contributed by atoms with Gasteiger partial charge in [-0.2, -0.15) is 0 Å². The van der Waals surface area contributed by atoms with Crippen LogP contribution in [0.15, 0.2) is 12.4 Å². The first-order chi connectivity index (χ1) is 8.08. The number of ketones is 1. The fraction of sp³-hybridized carbons (Fsp3) is 0.692. The largest absolute Gasteiger partial charge is 0.330 e. The van der Waals surface area contributed by atoms with E-state index in [2.05, 4.69) is 18.8 Å². The fourth-order valence-corrected chi connectivity index (χ4v) is 2.10. The highest BCUT2D eigenvalue weighted by Gasteiger charge is 2.18. The Morgan fingerprint density at radius 2 is 2.24 bits per heavy atom. The molecule has 1 unspecified atom stereocenters. The molecule has 4 heteroatoms. The first-order valence-corrected chi connectivity index (χ1v) is 6.32. The second kappa shape index (κ2) is 6.55. The normalized spacial score (nSPS) is 13.0. The molecule has 0 radical (unpaired) electrons. The molecule has 0 bridgehead atoms. The van der Waals surface area contributed by atoms with Gasteiger partial charge in [-0.25, -0.2) is 4.98 Å². The summed E-state index contributed by atoms with van der Waals surface area (Å²) < 4.78 is 1.88. The Morgan fingerprint density at radius 3 is 2.76 bits per heavy atom. The highest BCUT2D eigenvalue weighted by atomic mass is 16.1. The Hall–Kier alpha value is -1.16. The molecule has 0 aliphatic heterocycles. The van der Waals surface area contributed by atoms with Gasteiger partial charge in [-0.05, 0) is 31.7 Å². The lowest BCUT2D eigenvalue weighted by atomic mass is 9.92. The van der Waals surface area contributed by atoms with Gasteiger partial charge in [0.2, 0.25) is 0 Å². The summed E-state index contributed by atoms with van der Waals surface area (Å²) in [5.74, 6) is 1.51. The van der Waals surface area contributed by atoms with Crippen molar-refractivity contribution < 1.29 is 4.79 Å². The summed E-state index contributed by atoms with van der Waals surface area (Å²) in [5.41, 5.74) is 5.71. The van der Waals surface area contributed by atoms with Crippen LogP contribution < -0.4 is 5.73 Å². The minimum atomic E-state index is 0.105. The van der Waals surface area contributed by atoms with Crippen molar-refractivity contribution >= 4 is 5.78 Å². The number of aromatic nitrogens is 2. The summed E-state index contributed by atoms with van der Waals surface area (Å²) in [7, 11) is 0. The lowest BCUT2D eigenvalue weighted by molar-refractivity contribution is 0.0943. The van der Waals surface area contributed by atoms with Crippen molar-refractivity contribution in [2.24, 2.45) is 17.6 Å². The van der Waals surface area contributed by atoms with E-state index in [-0.39, 0.29) is 11.7 Å². The molecule has 1 aromatic heterocycles. The maximum Gasteiger partial charge on any atom is 0.198 e. The molecule has 0 saturated carbocycles. The monoisotopic (exact) mass is 237 g/mol. The van der Waals surface area contributed by atoms with Crippen molar-refractivity contribution in [2.75, 3.05) is 6.54 Å². The number of hydrogen-bond donors (Lipinski definition) is 1. The summed E-state index contributed by atoms with van der Waals surface area (Å²) >= 11 is 0. The Bertz CT molecular complexity index is 357. The number of nitrogens with two attached hydrogens (primary N) is 1. The second-order valence-corrected chi connectivity index (χ2v) is 4.90. The summed E-state index contributed by atoms with van der Waals surface area (Å²) in [6, 6.07) is 0. The average molecular weight is 237 g/mol. The van der Waals surface area contributed by atoms with E-state index in [4.69, 9.17) is 5.73 Å². The van der Waals surface area contributed by atoms with Gasteiger partial charge < -0.3 is 10.3 Å². The molecule has 0 aromatic carbocycles.